The fourth-order valence-electron chi connectivity index (χ4n) is 7.66. The van der Waals surface area contributed by atoms with Crippen molar-refractivity contribution in [1.29, 1.82) is 0 Å². The molecule has 2 aromatic carbocycles. The quantitative estimate of drug-likeness (QED) is 0.379. The highest BCUT2D eigenvalue weighted by Gasteiger charge is 2.45. The van der Waals surface area contributed by atoms with Gasteiger partial charge in [-0.1, -0.05) is 30.3 Å². The lowest BCUT2D eigenvalue weighted by Gasteiger charge is -2.34. The van der Waals surface area contributed by atoms with Crippen molar-refractivity contribution in [3.8, 4) is 23.0 Å². The van der Waals surface area contributed by atoms with Gasteiger partial charge in [-0.25, -0.2) is 4.39 Å². The molecule has 8 rings (SSSR count). The molecule has 0 amide bonds. The molecule has 0 unspecified atom stereocenters. The minimum atomic E-state index is -0.526. The number of aromatic hydroxyl groups is 1. The predicted molar refractivity (Wildman–Crippen MR) is 152 cm³/mol. The summed E-state index contributed by atoms with van der Waals surface area (Å²) < 4.78 is 22.9. The minimum absolute atomic E-state index is 0.0368. The third-order valence-corrected chi connectivity index (χ3v) is 9.58. The smallest absolute Gasteiger partial charge is 0.319 e. The number of hydrogen-bond acceptors (Lipinski definition) is 8. The lowest BCUT2D eigenvalue weighted by Crippen LogP contribution is -2.51. The van der Waals surface area contributed by atoms with E-state index in [0.717, 1.165) is 57.2 Å². The van der Waals surface area contributed by atoms with Crippen LogP contribution >= 0.6 is 0 Å². The summed E-state index contributed by atoms with van der Waals surface area (Å²) in [6, 6.07) is 11.9. The molecular formula is C31H33FN6O2. The number of nitrogens with zero attached hydrogens (tertiary/aromatic N) is 5. The fraction of sp³-hybridized carbons (Fsp3) is 0.452. The highest BCUT2D eigenvalue weighted by molar-refractivity contribution is 6.02. The van der Waals surface area contributed by atoms with Crippen molar-refractivity contribution in [1.82, 2.24) is 25.2 Å². The first-order valence-electron chi connectivity index (χ1n) is 14.5. The van der Waals surface area contributed by atoms with Gasteiger partial charge in [-0.2, -0.15) is 9.97 Å². The number of halogens is 1. The molecule has 4 aliphatic rings. The molecule has 8 nitrogen and oxygen atoms in total. The van der Waals surface area contributed by atoms with Gasteiger partial charge in [-0.05, 0) is 63.1 Å². The van der Waals surface area contributed by atoms with E-state index < -0.39 is 5.82 Å². The molecule has 0 radical (unpaired) electrons. The lowest BCUT2D eigenvalue weighted by atomic mass is 9.95. The maximum Gasteiger partial charge on any atom is 0.319 e. The van der Waals surface area contributed by atoms with Crippen LogP contribution in [0.25, 0.3) is 32.9 Å². The molecule has 0 aliphatic carbocycles. The van der Waals surface area contributed by atoms with Gasteiger partial charge in [0, 0.05) is 42.3 Å². The van der Waals surface area contributed by atoms with Gasteiger partial charge in [0.25, 0.3) is 0 Å². The van der Waals surface area contributed by atoms with Crippen LogP contribution in [-0.2, 0) is 0 Å². The van der Waals surface area contributed by atoms with Crippen LogP contribution in [0.1, 0.15) is 38.5 Å². The van der Waals surface area contributed by atoms with E-state index in [0.29, 0.717) is 40.8 Å². The number of piperazine rings is 1. The number of ether oxygens (including phenoxy) is 1. The summed E-state index contributed by atoms with van der Waals surface area (Å²) in [6.07, 6.45) is 8.53. The number of pyridine rings is 1. The number of rotatable bonds is 5. The van der Waals surface area contributed by atoms with E-state index in [9.17, 15) is 5.11 Å². The van der Waals surface area contributed by atoms with Crippen molar-refractivity contribution in [2.45, 2.75) is 56.1 Å². The number of hydrogen-bond donors (Lipinski definition) is 2. The summed E-state index contributed by atoms with van der Waals surface area (Å²) in [5.41, 5.74) is 0.932. The number of benzene rings is 2. The molecule has 0 spiro atoms. The molecule has 9 heteroatoms. The molecule has 2 bridgehead atoms. The van der Waals surface area contributed by atoms with Crippen molar-refractivity contribution in [2.75, 3.05) is 37.7 Å². The zero-order valence-electron chi connectivity index (χ0n) is 22.4. The second kappa shape index (κ2) is 9.24. The van der Waals surface area contributed by atoms with Crippen molar-refractivity contribution in [3.05, 3.63) is 48.4 Å². The molecule has 4 saturated heterocycles. The Balaban J connectivity index is 1.25. The molecule has 206 valence electrons. The monoisotopic (exact) mass is 540 g/mol. The second-order valence-corrected chi connectivity index (χ2v) is 11.9. The third kappa shape index (κ3) is 3.82. The highest BCUT2D eigenvalue weighted by Crippen LogP contribution is 2.41. The number of phenolic OH excluding ortho intramolecular Hbond substituents is 1. The maximum atomic E-state index is 16.5. The first kappa shape index (κ1) is 24.3. The Bertz CT molecular complexity index is 1600. The van der Waals surface area contributed by atoms with Crippen LogP contribution in [0.2, 0.25) is 0 Å². The van der Waals surface area contributed by atoms with E-state index in [1.807, 2.05) is 18.2 Å². The molecule has 4 aromatic rings. The van der Waals surface area contributed by atoms with Gasteiger partial charge in [0.1, 0.15) is 29.4 Å². The number of fused-ring (bicyclic) bond motifs is 5. The average Bonchev–Trinajstić information content (AvgIpc) is 3.65. The van der Waals surface area contributed by atoms with Crippen LogP contribution in [0.5, 0.6) is 11.8 Å². The van der Waals surface area contributed by atoms with Crippen molar-refractivity contribution < 1.29 is 14.2 Å². The third-order valence-electron chi connectivity index (χ3n) is 9.58. The Labute approximate surface area is 232 Å². The van der Waals surface area contributed by atoms with Crippen LogP contribution in [0.4, 0.5) is 10.2 Å². The summed E-state index contributed by atoms with van der Waals surface area (Å²) >= 11 is 0. The van der Waals surface area contributed by atoms with Crippen molar-refractivity contribution in [3.63, 3.8) is 0 Å². The fourth-order valence-corrected chi connectivity index (χ4v) is 7.66. The van der Waals surface area contributed by atoms with Gasteiger partial charge in [0.05, 0.1) is 10.9 Å². The minimum Gasteiger partial charge on any atom is -0.507 e. The summed E-state index contributed by atoms with van der Waals surface area (Å²) in [7, 11) is 0. The van der Waals surface area contributed by atoms with E-state index >= 15 is 4.39 Å². The molecule has 6 heterocycles. The van der Waals surface area contributed by atoms with Gasteiger partial charge >= 0.3 is 6.01 Å². The standard InChI is InChI=1S/C31H33FN6O2/c32-26-27(22-7-1-5-19-6-2-8-24(39)25(19)22)33-15-23-28(26)35-30(40-18-31-11-3-13-38(31)14-4-12-31)36-29(23)37-16-20-9-10-21(17-37)34-20/h1-2,5-8,15,20-21,34,39H,3-4,9-14,16-18H2/t20-,21+. The number of aromatic nitrogens is 3. The Morgan fingerprint density at radius 3 is 2.55 bits per heavy atom. The molecule has 2 aromatic heterocycles. The van der Waals surface area contributed by atoms with E-state index in [4.69, 9.17) is 9.72 Å². The zero-order valence-corrected chi connectivity index (χ0v) is 22.4. The highest BCUT2D eigenvalue weighted by atomic mass is 19.1. The van der Waals surface area contributed by atoms with Crippen LogP contribution in [0.3, 0.4) is 0 Å². The van der Waals surface area contributed by atoms with Crippen LogP contribution < -0.4 is 15.0 Å². The second-order valence-electron chi connectivity index (χ2n) is 11.9. The summed E-state index contributed by atoms with van der Waals surface area (Å²) in [4.78, 5) is 19.0. The largest absolute Gasteiger partial charge is 0.507 e. The molecular weight excluding hydrogens is 507 g/mol. The summed E-state index contributed by atoms with van der Waals surface area (Å²) in [6.45, 7) is 4.35. The lowest BCUT2D eigenvalue weighted by molar-refractivity contribution is 0.108. The SMILES string of the molecule is Oc1cccc2cccc(-c3ncc4c(N5C[C@H]6CC[C@@H](C5)N6)nc(OCC56CCCN5CCC6)nc4c3F)c12. The van der Waals surface area contributed by atoms with E-state index in [2.05, 4.69) is 25.1 Å². The Morgan fingerprint density at radius 1 is 1.02 bits per heavy atom. The topological polar surface area (TPSA) is 86.6 Å². The maximum absolute atomic E-state index is 16.5. The molecule has 4 fully saturated rings. The Hall–Kier alpha value is -3.56. The van der Waals surface area contributed by atoms with E-state index in [1.54, 1.807) is 24.4 Å². The van der Waals surface area contributed by atoms with Gasteiger partial charge in [0.2, 0.25) is 0 Å². The van der Waals surface area contributed by atoms with Gasteiger partial charge < -0.3 is 20.1 Å². The van der Waals surface area contributed by atoms with Crippen molar-refractivity contribution >= 4 is 27.5 Å². The van der Waals surface area contributed by atoms with Crippen molar-refractivity contribution in [2.24, 2.45) is 0 Å². The Kier molecular flexibility index (Phi) is 5.60. The van der Waals surface area contributed by atoms with Crippen LogP contribution in [0, 0.1) is 5.82 Å². The molecule has 0 saturated carbocycles. The molecule has 40 heavy (non-hydrogen) atoms. The van der Waals surface area contributed by atoms with E-state index in [1.165, 1.54) is 12.8 Å². The Morgan fingerprint density at radius 2 is 1.77 bits per heavy atom. The first-order chi connectivity index (χ1) is 19.6. The van der Waals surface area contributed by atoms with E-state index in [-0.39, 0.29) is 28.5 Å². The number of phenols is 1. The average molecular weight is 541 g/mol. The molecule has 2 atom stereocenters. The molecule has 2 N–H and O–H groups in total. The summed E-state index contributed by atoms with van der Waals surface area (Å²) in [5.74, 6) is 0.251. The number of nitrogens with one attached hydrogen (secondary N) is 1. The number of anilines is 1. The normalized spacial score (nSPS) is 23.8. The van der Waals surface area contributed by atoms with Gasteiger partial charge in [-0.3, -0.25) is 9.88 Å². The van der Waals surface area contributed by atoms with Crippen LogP contribution in [-0.4, -0.2) is 75.4 Å². The zero-order chi connectivity index (χ0) is 26.8. The predicted octanol–water partition coefficient (Wildman–Crippen LogP) is 4.64. The van der Waals surface area contributed by atoms with Crippen LogP contribution in [0.15, 0.2) is 42.6 Å². The summed E-state index contributed by atoms with van der Waals surface area (Å²) in [5, 5.41) is 16.3. The van der Waals surface area contributed by atoms with Gasteiger partial charge in [-0.15, -0.1) is 0 Å². The molecule has 4 aliphatic heterocycles. The van der Waals surface area contributed by atoms with Gasteiger partial charge in [0.15, 0.2) is 5.82 Å². The first-order valence-corrected chi connectivity index (χ1v) is 14.5.